The fourth-order valence-corrected chi connectivity index (χ4v) is 4.43. The van der Waals surface area contributed by atoms with Crippen LogP contribution in [0.3, 0.4) is 0 Å². The minimum Gasteiger partial charge on any atom is -0.394 e. The molecule has 0 aromatic heterocycles. The smallest absolute Gasteiger partial charge is 0.0613 e. The third kappa shape index (κ3) is 3.53. The molecule has 3 heteroatoms. The van der Waals surface area contributed by atoms with Gasteiger partial charge in [0.2, 0.25) is 0 Å². The van der Waals surface area contributed by atoms with E-state index >= 15 is 0 Å². The van der Waals surface area contributed by atoms with E-state index in [2.05, 4.69) is 44.3 Å². The van der Waals surface area contributed by atoms with Crippen LogP contribution in [-0.2, 0) is 0 Å². The molecule has 0 spiro atoms. The normalized spacial score (nSPS) is 26.8. The standard InChI is InChI=1S/C16H25NOS/c1-4-17-16(11-18)8-7-14(10-16)19-15-9-12(2)5-6-13(15)3/h5-6,9,14,17-18H,4,7-8,10-11H2,1-3H3. The molecule has 1 saturated carbocycles. The third-order valence-electron chi connectivity index (χ3n) is 4.05. The van der Waals surface area contributed by atoms with Crippen molar-refractivity contribution >= 4 is 11.8 Å². The van der Waals surface area contributed by atoms with Crippen molar-refractivity contribution in [2.75, 3.05) is 13.2 Å². The lowest BCUT2D eigenvalue weighted by Gasteiger charge is -2.28. The minimum atomic E-state index is -0.0376. The van der Waals surface area contributed by atoms with Crippen LogP contribution >= 0.6 is 11.8 Å². The van der Waals surface area contributed by atoms with Crippen LogP contribution in [0.25, 0.3) is 0 Å². The molecule has 0 aliphatic heterocycles. The molecule has 106 valence electrons. The number of hydrogen-bond acceptors (Lipinski definition) is 3. The first-order valence-corrected chi connectivity index (χ1v) is 8.06. The van der Waals surface area contributed by atoms with Gasteiger partial charge in [-0.25, -0.2) is 0 Å². The summed E-state index contributed by atoms with van der Waals surface area (Å²) in [5, 5.41) is 13.8. The topological polar surface area (TPSA) is 32.3 Å². The summed E-state index contributed by atoms with van der Waals surface area (Å²) in [6.45, 7) is 7.63. The van der Waals surface area contributed by atoms with Gasteiger partial charge in [0.1, 0.15) is 0 Å². The molecule has 0 heterocycles. The zero-order valence-electron chi connectivity index (χ0n) is 12.2. The molecule has 2 unspecified atom stereocenters. The number of likely N-dealkylation sites (N-methyl/N-ethyl adjacent to an activating group) is 1. The molecule has 1 aromatic rings. The van der Waals surface area contributed by atoms with E-state index < -0.39 is 0 Å². The molecular formula is C16H25NOS. The van der Waals surface area contributed by atoms with E-state index in [0.717, 1.165) is 19.4 Å². The van der Waals surface area contributed by atoms with E-state index in [4.69, 9.17) is 0 Å². The second kappa shape index (κ2) is 6.29. The second-order valence-electron chi connectivity index (χ2n) is 5.72. The summed E-state index contributed by atoms with van der Waals surface area (Å²) in [6.07, 6.45) is 3.33. The number of aliphatic hydroxyl groups excluding tert-OH is 1. The van der Waals surface area contributed by atoms with Crippen molar-refractivity contribution in [3.05, 3.63) is 29.3 Å². The molecule has 1 fully saturated rings. The fourth-order valence-electron chi connectivity index (χ4n) is 2.93. The van der Waals surface area contributed by atoms with Gasteiger partial charge in [0.15, 0.2) is 0 Å². The lowest BCUT2D eigenvalue weighted by Crippen LogP contribution is -2.46. The van der Waals surface area contributed by atoms with Gasteiger partial charge in [-0.1, -0.05) is 24.6 Å². The Kier molecular flexibility index (Phi) is 4.93. The van der Waals surface area contributed by atoms with Crippen LogP contribution in [0.4, 0.5) is 0 Å². The average Bonchev–Trinajstić information content (AvgIpc) is 2.78. The Morgan fingerprint density at radius 2 is 2.21 bits per heavy atom. The number of benzene rings is 1. The second-order valence-corrected chi connectivity index (χ2v) is 7.06. The highest BCUT2D eigenvalue weighted by Gasteiger charge is 2.38. The van der Waals surface area contributed by atoms with Crippen molar-refractivity contribution < 1.29 is 5.11 Å². The first kappa shape index (κ1) is 14.9. The highest BCUT2D eigenvalue weighted by Crippen LogP contribution is 2.41. The summed E-state index contributed by atoms with van der Waals surface area (Å²) in [6, 6.07) is 6.66. The maximum absolute atomic E-state index is 9.66. The summed E-state index contributed by atoms with van der Waals surface area (Å²) < 4.78 is 0. The summed E-state index contributed by atoms with van der Waals surface area (Å²) in [4.78, 5) is 1.40. The Morgan fingerprint density at radius 3 is 2.89 bits per heavy atom. The van der Waals surface area contributed by atoms with Gasteiger partial charge in [-0.05, 0) is 51.3 Å². The van der Waals surface area contributed by atoms with Crippen LogP contribution in [0.15, 0.2) is 23.1 Å². The molecule has 2 nitrogen and oxygen atoms in total. The fraction of sp³-hybridized carbons (Fsp3) is 0.625. The molecule has 0 bridgehead atoms. The SMILES string of the molecule is CCNC1(CO)CCC(Sc2cc(C)ccc2C)C1. The highest BCUT2D eigenvalue weighted by atomic mass is 32.2. The third-order valence-corrected chi connectivity index (χ3v) is 5.48. The van der Waals surface area contributed by atoms with Crippen molar-refractivity contribution in [3.63, 3.8) is 0 Å². The van der Waals surface area contributed by atoms with Gasteiger partial charge >= 0.3 is 0 Å². The maximum atomic E-state index is 9.66. The number of aliphatic hydroxyl groups is 1. The van der Waals surface area contributed by atoms with Crippen LogP contribution in [0.1, 0.15) is 37.3 Å². The Balaban J connectivity index is 2.03. The summed E-state index contributed by atoms with van der Waals surface area (Å²) in [7, 11) is 0. The lowest BCUT2D eigenvalue weighted by molar-refractivity contribution is 0.167. The van der Waals surface area contributed by atoms with Gasteiger partial charge in [-0.15, -0.1) is 11.8 Å². The number of aryl methyl sites for hydroxylation is 2. The minimum absolute atomic E-state index is 0.0376. The molecule has 1 aliphatic rings. The lowest BCUT2D eigenvalue weighted by atomic mass is 9.99. The predicted octanol–water partition coefficient (Wildman–Crippen LogP) is 3.29. The van der Waals surface area contributed by atoms with Crippen LogP contribution in [0, 0.1) is 13.8 Å². The molecule has 2 N–H and O–H groups in total. The Labute approximate surface area is 121 Å². The first-order valence-electron chi connectivity index (χ1n) is 7.18. The Bertz CT molecular complexity index is 435. The molecule has 2 rings (SSSR count). The van der Waals surface area contributed by atoms with Gasteiger partial charge in [0, 0.05) is 15.7 Å². The highest BCUT2D eigenvalue weighted by molar-refractivity contribution is 8.00. The van der Waals surface area contributed by atoms with E-state index in [-0.39, 0.29) is 12.1 Å². The van der Waals surface area contributed by atoms with Crippen LogP contribution in [-0.4, -0.2) is 29.0 Å². The van der Waals surface area contributed by atoms with Crippen LogP contribution in [0.2, 0.25) is 0 Å². The van der Waals surface area contributed by atoms with Crippen molar-refractivity contribution in [2.24, 2.45) is 0 Å². The molecular weight excluding hydrogens is 254 g/mol. The van der Waals surface area contributed by atoms with Gasteiger partial charge in [0.25, 0.3) is 0 Å². The quantitative estimate of drug-likeness (QED) is 0.867. The summed E-state index contributed by atoms with van der Waals surface area (Å²) in [5.41, 5.74) is 2.65. The van der Waals surface area contributed by atoms with Gasteiger partial charge < -0.3 is 10.4 Å². The number of hydrogen-bond donors (Lipinski definition) is 2. The van der Waals surface area contributed by atoms with Crippen LogP contribution in [0.5, 0.6) is 0 Å². The number of rotatable bonds is 5. The molecule has 0 saturated heterocycles. The monoisotopic (exact) mass is 279 g/mol. The van der Waals surface area contributed by atoms with Gasteiger partial charge in [0.05, 0.1) is 6.61 Å². The van der Waals surface area contributed by atoms with Crippen molar-refractivity contribution in [2.45, 2.75) is 55.7 Å². The van der Waals surface area contributed by atoms with Crippen molar-refractivity contribution in [3.8, 4) is 0 Å². The van der Waals surface area contributed by atoms with Gasteiger partial charge in [-0.2, -0.15) is 0 Å². The van der Waals surface area contributed by atoms with Crippen molar-refractivity contribution in [1.29, 1.82) is 0 Å². The summed E-state index contributed by atoms with van der Waals surface area (Å²) >= 11 is 1.98. The molecule has 0 amide bonds. The Hall–Kier alpha value is -0.510. The van der Waals surface area contributed by atoms with Crippen LogP contribution < -0.4 is 5.32 Å². The van der Waals surface area contributed by atoms with Gasteiger partial charge in [-0.3, -0.25) is 0 Å². The molecule has 1 aromatic carbocycles. The largest absolute Gasteiger partial charge is 0.394 e. The molecule has 2 atom stereocenters. The first-order chi connectivity index (χ1) is 9.08. The predicted molar refractivity (Wildman–Crippen MR) is 82.9 cm³/mol. The summed E-state index contributed by atoms with van der Waals surface area (Å²) in [5.74, 6) is 0. The van der Waals surface area contributed by atoms with E-state index in [9.17, 15) is 5.11 Å². The van der Waals surface area contributed by atoms with E-state index in [1.165, 1.54) is 22.4 Å². The molecule has 19 heavy (non-hydrogen) atoms. The average molecular weight is 279 g/mol. The number of nitrogens with one attached hydrogen (secondary N) is 1. The number of thioether (sulfide) groups is 1. The van der Waals surface area contributed by atoms with E-state index in [0.29, 0.717) is 5.25 Å². The maximum Gasteiger partial charge on any atom is 0.0613 e. The zero-order valence-corrected chi connectivity index (χ0v) is 13.0. The Morgan fingerprint density at radius 1 is 1.42 bits per heavy atom. The van der Waals surface area contributed by atoms with E-state index in [1.54, 1.807) is 0 Å². The molecule has 0 radical (unpaired) electrons. The van der Waals surface area contributed by atoms with E-state index in [1.807, 2.05) is 11.8 Å². The zero-order chi connectivity index (χ0) is 13.9. The van der Waals surface area contributed by atoms with Crippen molar-refractivity contribution in [1.82, 2.24) is 5.32 Å². The molecule has 1 aliphatic carbocycles.